The van der Waals surface area contributed by atoms with Gasteiger partial charge in [-0.25, -0.2) is 23.1 Å². The number of aryl methyl sites for hydroxylation is 1. The fourth-order valence-corrected chi connectivity index (χ4v) is 7.28. The van der Waals surface area contributed by atoms with Gasteiger partial charge < -0.3 is 15.2 Å². The van der Waals surface area contributed by atoms with Gasteiger partial charge >= 0.3 is 0 Å². The molecule has 0 bridgehead atoms. The lowest BCUT2D eigenvalue weighted by atomic mass is 9.87. The molecular weight excluding hydrogens is 574 g/mol. The summed E-state index contributed by atoms with van der Waals surface area (Å²) in [6, 6.07) is 10.1. The fraction of sp³-hybridized carbons (Fsp3) is 0.400. The van der Waals surface area contributed by atoms with Crippen LogP contribution in [0, 0.1) is 19.8 Å². The molecule has 1 fully saturated rings. The number of nitrogens with zero attached hydrogens (tertiary/aromatic N) is 3. The summed E-state index contributed by atoms with van der Waals surface area (Å²) in [4.78, 5) is 27.6. The van der Waals surface area contributed by atoms with Gasteiger partial charge in [0.1, 0.15) is 10.3 Å². The van der Waals surface area contributed by atoms with E-state index in [0.29, 0.717) is 44.8 Å². The van der Waals surface area contributed by atoms with Gasteiger partial charge in [-0.2, -0.15) is 0 Å². The Bertz CT molecular complexity index is 1680. The van der Waals surface area contributed by atoms with E-state index in [1.807, 2.05) is 13.8 Å². The molecule has 0 spiro atoms. The second kappa shape index (κ2) is 12.8. The van der Waals surface area contributed by atoms with Gasteiger partial charge in [0.05, 0.1) is 24.5 Å². The highest BCUT2D eigenvalue weighted by Crippen LogP contribution is 2.36. The van der Waals surface area contributed by atoms with Crippen molar-refractivity contribution in [3.8, 4) is 5.88 Å². The average Bonchev–Trinajstić information content (AvgIpc) is 3.65. The first-order valence-electron chi connectivity index (χ1n) is 14.0. The predicted octanol–water partition coefficient (Wildman–Crippen LogP) is 4.99. The van der Waals surface area contributed by atoms with Crippen molar-refractivity contribution in [2.45, 2.75) is 69.9 Å². The molecule has 1 saturated carbocycles. The molecule has 3 aromatic heterocycles. The first kappa shape index (κ1) is 30.0. The number of hydrogen-bond acceptors (Lipinski definition) is 9. The molecule has 1 amide bonds. The van der Waals surface area contributed by atoms with Crippen LogP contribution in [0.5, 0.6) is 5.88 Å². The Morgan fingerprint density at radius 1 is 1.12 bits per heavy atom. The van der Waals surface area contributed by atoms with E-state index in [1.165, 1.54) is 23.5 Å². The molecule has 1 aliphatic carbocycles. The molecule has 0 aliphatic heterocycles. The summed E-state index contributed by atoms with van der Waals surface area (Å²) >= 11 is 1.28. The van der Waals surface area contributed by atoms with Gasteiger partial charge in [-0.05, 0) is 61.1 Å². The first-order valence-corrected chi connectivity index (χ1v) is 16.3. The molecule has 1 atom stereocenters. The van der Waals surface area contributed by atoms with Crippen LogP contribution in [-0.2, 0) is 28.0 Å². The lowest BCUT2D eigenvalue weighted by Crippen LogP contribution is -2.25. The van der Waals surface area contributed by atoms with Crippen molar-refractivity contribution in [1.82, 2.24) is 19.7 Å². The van der Waals surface area contributed by atoms with Crippen LogP contribution in [0.15, 0.2) is 47.5 Å². The largest absolute Gasteiger partial charge is 0.481 e. The number of anilines is 1. The molecule has 3 heterocycles. The molecular formula is C30H35N5O5S2. The number of benzene rings is 1. The molecule has 42 heavy (non-hydrogen) atoms. The summed E-state index contributed by atoms with van der Waals surface area (Å²) in [5.41, 5.74) is 4.33. The van der Waals surface area contributed by atoms with E-state index in [0.717, 1.165) is 42.5 Å². The van der Waals surface area contributed by atoms with Crippen molar-refractivity contribution in [2.24, 2.45) is 5.92 Å². The number of carbonyl (C=O) groups excluding carboxylic acids is 1. The number of fused-ring (bicyclic) bond motifs is 1. The maximum absolute atomic E-state index is 13.6. The maximum Gasteiger partial charge on any atom is 0.240 e. The molecule has 4 aromatic rings. The zero-order valence-electron chi connectivity index (χ0n) is 23.9. The van der Waals surface area contributed by atoms with Gasteiger partial charge in [0, 0.05) is 30.1 Å². The summed E-state index contributed by atoms with van der Waals surface area (Å²) in [6.45, 7) is 3.50. The Labute approximate surface area is 249 Å². The highest BCUT2D eigenvalue weighted by atomic mass is 32.2. The number of methoxy groups -OCH3 is 1. The zero-order valence-corrected chi connectivity index (χ0v) is 25.5. The maximum atomic E-state index is 13.6. The number of hydrogen-bond donors (Lipinski definition) is 3. The van der Waals surface area contributed by atoms with E-state index < -0.39 is 15.9 Å². The molecule has 5 rings (SSSR count). The Morgan fingerprint density at radius 3 is 2.55 bits per heavy atom. The smallest absolute Gasteiger partial charge is 0.240 e. The minimum atomic E-state index is -3.85. The lowest BCUT2D eigenvalue weighted by molar-refractivity contribution is -0.118. The molecule has 0 saturated heterocycles. The van der Waals surface area contributed by atoms with E-state index >= 15 is 0 Å². The van der Waals surface area contributed by atoms with Crippen molar-refractivity contribution < 1.29 is 23.1 Å². The van der Waals surface area contributed by atoms with Gasteiger partial charge in [0.25, 0.3) is 0 Å². The second-order valence-electron chi connectivity index (χ2n) is 10.6. The molecule has 10 nitrogen and oxygen atoms in total. The Hall–Kier alpha value is -3.45. The quantitative estimate of drug-likeness (QED) is 0.216. The number of thiazole rings is 1. The van der Waals surface area contributed by atoms with Crippen LogP contribution >= 0.6 is 11.3 Å². The summed E-state index contributed by atoms with van der Waals surface area (Å²) in [6.07, 6.45) is 6.71. The van der Waals surface area contributed by atoms with Crippen LogP contribution in [0.25, 0.3) is 10.3 Å². The number of amides is 1. The number of sulfonamides is 1. The summed E-state index contributed by atoms with van der Waals surface area (Å²) < 4.78 is 34.2. The van der Waals surface area contributed by atoms with E-state index in [1.54, 1.807) is 37.6 Å². The lowest BCUT2D eigenvalue weighted by Gasteiger charge is -2.20. The summed E-state index contributed by atoms with van der Waals surface area (Å²) in [5, 5.41) is 13.1. The predicted molar refractivity (Wildman–Crippen MR) is 162 cm³/mol. The highest BCUT2D eigenvalue weighted by Gasteiger charge is 2.28. The number of aliphatic hydroxyl groups is 1. The molecule has 0 radical (unpaired) electrons. The van der Waals surface area contributed by atoms with E-state index in [2.05, 4.69) is 25.0 Å². The zero-order chi connectivity index (χ0) is 29.9. The summed E-state index contributed by atoms with van der Waals surface area (Å²) in [7, 11) is -2.30. The van der Waals surface area contributed by atoms with E-state index in [-0.39, 0.29) is 24.0 Å². The average molecular weight is 610 g/mol. The van der Waals surface area contributed by atoms with Crippen molar-refractivity contribution >= 4 is 42.7 Å². The van der Waals surface area contributed by atoms with Crippen molar-refractivity contribution in [3.63, 3.8) is 0 Å². The Kier molecular flexibility index (Phi) is 9.16. The van der Waals surface area contributed by atoms with Gasteiger partial charge in [-0.15, -0.1) is 0 Å². The molecule has 12 heteroatoms. The van der Waals surface area contributed by atoms with Gasteiger partial charge in [0.15, 0.2) is 5.13 Å². The third-order valence-corrected chi connectivity index (χ3v) is 10.3. The van der Waals surface area contributed by atoms with Crippen LogP contribution in [-0.4, -0.2) is 41.5 Å². The van der Waals surface area contributed by atoms with Crippen molar-refractivity contribution in [3.05, 3.63) is 70.5 Å². The number of aliphatic hydroxyl groups excluding tert-OH is 1. The van der Waals surface area contributed by atoms with E-state index in [4.69, 9.17) is 4.74 Å². The van der Waals surface area contributed by atoms with Crippen LogP contribution in [0.1, 0.15) is 66.0 Å². The van der Waals surface area contributed by atoms with Gasteiger partial charge in [-0.1, -0.05) is 49.2 Å². The molecule has 222 valence electrons. The van der Waals surface area contributed by atoms with Crippen LogP contribution in [0.3, 0.4) is 0 Å². The number of ether oxygens (including phenoxy) is 1. The normalized spacial score (nSPS) is 14.8. The molecule has 1 aromatic carbocycles. The van der Waals surface area contributed by atoms with Crippen LogP contribution < -0.4 is 14.8 Å². The number of aromatic nitrogens is 3. The second-order valence-corrected chi connectivity index (χ2v) is 13.4. The monoisotopic (exact) mass is 609 g/mol. The number of nitrogens with one attached hydrogen (secondary N) is 2. The number of pyridine rings is 2. The van der Waals surface area contributed by atoms with Gasteiger partial charge in [-0.3, -0.25) is 9.78 Å². The van der Waals surface area contributed by atoms with E-state index in [9.17, 15) is 18.3 Å². The Morgan fingerprint density at radius 2 is 1.86 bits per heavy atom. The third kappa shape index (κ3) is 6.62. The number of carbonyl (C=O) groups is 1. The molecule has 1 aliphatic rings. The minimum Gasteiger partial charge on any atom is -0.481 e. The minimum absolute atomic E-state index is 0.0325. The molecule has 3 N–H and O–H groups in total. The molecule has 1 unspecified atom stereocenters. The van der Waals surface area contributed by atoms with Crippen molar-refractivity contribution in [2.75, 3.05) is 12.4 Å². The van der Waals surface area contributed by atoms with Gasteiger partial charge in [0.2, 0.25) is 21.8 Å². The SMILES string of the molecule is COc1ccc2nc(NC(=O)C(CC3CCCC3)c3ccc(S(=O)(=O)NCc4c(CO)cnc(C)c4C)cc3)sc2n1. The first-order chi connectivity index (χ1) is 20.2. The highest BCUT2D eigenvalue weighted by molar-refractivity contribution is 7.89. The summed E-state index contributed by atoms with van der Waals surface area (Å²) in [5.74, 6) is 0.274. The van der Waals surface area contributed by atoms with Crippen LogP contribution in [0.4, 0.5) is 5.13 Å². The van der Waals surface area contributed by atoms with Crippen LogP contribution in [0.2, 0.25) is 0 Å². The Balaban J connectivity index is 1.34. The standard InChI is InChI=1S/C30H35N5O5S2/c1-18-19(2)31-15-22(17-36)25(18)16-32-42(38,39)23-10-8-21(9-11-23)24(14-20-6-4-5-7-20)28(37)35-30-33-26-12-13-27(40-3)34-29(26)41-30/h8-13,15,20,24,32,36H,4-7,14,16-17H2,1-3H3,(H,33,35,37). The number of rotatable bonds is 11. The third-order valence-electron chi connectivity index (χ3n) is 8.03. The fourth-order valence-electron chi connectivity index (χ4n) is 5.45. The topological polar surface area (TPSA) is 143 Å². The van der Waals surface area contributed by atoms with Crippen molar-refractivity contribution in [1.29, 1.82) is 0 Å².